The number of rotatable bonds is 9. The molecule has 162 valence electrons. The molecule has 0 fully saturated rings. The van der Waals surface area contributed by atoms with Crippen molar-refractivity contribution in [3.63, 3.8) is 0 Å². The number of hydrogen-bond acceptors (Lipinski definition) is 2. The maximum absolute atomic E-state index is 13.4. The molecule has 0 heterocycles. The van der Waals surface area contributed by atoms with Crippen LogP contribution in [0, 0.1) is 6.92 Å². The Morgan fingerprint density at radius 1 is 1.03 bits per heavy atom. The molecule has 2 amide bonds. The van der Waals surface area contributed by atoms with Gasteiger partial charge in [-0.1, -0.05) is 67.4 Å². The van der Waals surface area contributed by atoms with Crippen LogP contribution in [-0.4, -0.2) is 28.8 Å². The van der Waals surface area contributed by atoms with Crippen molar-refractivity contribution in [1.29, 1.82) is 0 Å². The molecular weight excluding hydrogens is 419 g/mol. The second kappa shape index (κ2) is 11.4. The number of nitrogens with one attached hydrogen (secondary N) is 1. The summed E-state index contributed by atoms with van der Waals surface area (Å²) in [6, 6.07) is 12.5. The van der Waals surface area contributed by atoms with Gasteiger partial charge in [0, 0.05) is 22.6 Å². The number of aryl methyl sites for hydroxylation is 1. The highest BCUT2D eigenvalue weighted by molar-refractivity contribution is 6.35. The summed E-state index contributed by atoms with van der Waals surface area (Å²) in [5.41, 5.74) is 2.79. The van der Waals surface area contributed by atoms with Crippen LogP contribution in [0.1, 0.15) is 50.3 Å². The maximum atomic E-state index is 13.4. The fraction of sp³-hybridized carbons (Fsp3) is 0.417. The summed E-state index contributed by atoms with van der Waals surface area (Å²) in [6.07, 6.45) is 1.46. The predicted octanol–water partition coefficient (Wildman–Crippen LogP) is 5.57. The molecule has 0 aliphatic carbocycles. The van der Waals surface area contributed by atoms with Crippen LogP contribution < -0.4 is 5.32 Å². The average Bonchev–Trinajstić information content (AvgIpc) is 2.71. The van der Waals surface area contributed by atoms with E-state index in [0.717, 1.165) is 17.5 Å². The lowest BCUT2D eigenvalue weighted by Crippen LogP contribution is -2.51. The van der Waals surface area contributed by atoms with Crippen LogP contribution in [0.4, 0.5) is 0 Å². The first-order valence-corrected chi connectivity index (χ1v) is 11.1. The normalized spacial score (nSPS) is 12.9. The monoisotopic (exact) mass is 448 g/mol. The van der Waals surface area contributed by atoms with Gasteiger partial charge in [-0.2, -0.15) is 0 Å². The molecule has 0 bridgehead atoms. The van der Waals surface area contributed by atoms with Gasteiger partial charge in [-0.3, -0.25) is 9.59 Å². The topological polar surface area (TPSA) is 49.4 Å². The van der Waals surface area contributed by atoms with Crippen molar-refractivity contribution >= 4 is 35.0 Å². The molecule has 0 radical (unpaired) electrons. The lowest BCUT2D eigenvalue weighted by atomic mass is 10.0. The zero-order chi connectivity index (χ0) is 22.3. The van der Waals surface area contributed by atoms with Crippen molar-refractivity contribution in [3.05, 3.63) is 69.2 Å². The summed E-state index contributed by atoms with van der Waals surface area (Å²) >= 11 is 12.3. The van der Waals surface area contributed by atoms with Gasteiger partial charge >= 0.3 is 0 Å². The van der Waals surface area contributed by atoms with Crippen molar-refractivity contribution in [3.8, 4) is 0 Å². The Labute approximate surface area is 189 Å². The molecule has 0 aliphatic rings. The van der Waals surface area contributed by atoms with E-state index in [9.17, 15) is 9.59 Å². The Kier molecular flexibility index (Phi) is 9.19. The quantitative estimate of drug-likeness (QED) is 0.545. The van der Waals surface area contributed by atoms with E-state index in [4.69, 9.17) is 23.2 Å². The molecule has 4 nitrogen and oxygen atoms in total. The van der Waals surface area contributed by atoms with Crippen molar-refractivity contribution in [2.75, 3.05) is 0 Å². The molecule has 0 aromatic heterocycles. The van der Waals surface area contributed by atoms with Gasteiger partial charge < -0.3 is 10.2 Å². The van der Waals surface area contributed by atoms with Gasteiger partial charge in [-0.25, -0.2) is 0 Å². The van der Waals surface area contributed by atoms with Crippen LogP contribution in [0.2, 0.25) is 10.0 Å². The van der Waals surface area contributed by atoms with E-state index < -0.39 is 6.04 Å². The van der Waals surface area contributed by atoms with E-state index >= 15 is 0 Å². The minimum Gasteiger partial charge on any atom is -0.352 e. The fourth-order valence-electron chi connectivity index (χ4n) is 3.26. The van der Waals surface area contributed by atoms with Gasteiger partial charge in [0.05, 0.1) is 6.42 Å². The minimum atomic E-state index is -0.558. The number of benzene rings is 2. The molecule has 0 saturated carbocycles. The predicted molar refractivity (Wildman–Crippen MR) is 124 cm³/mol. The lowest BCUT2D eigenvalue weighted by Gasteiger charge is -2.32. The third-order valence-electron chi connectivity index (χ3n) is 5.35. The summed E-state index contributed by atoms with van der Waals surface area (Å²) in [5.74, 6) is -0.274. The van der Waals surface area contributed by atoms with Crippen LogP contribution in [-0.2, 0) is 22.6 Å². The number of hydrogen-bond donors (Lipinski definition) is 1. The molecule has 2 rings (SSSR count). The average molecular weight is 449 g/mol. The SMILES string of the molecule is CCC(C)NC(=O)C(CC)N(Cc1ccccc1C)C(=O)Cc1ccc(Cl)cc1Cl. The minimum absolute atomic E-state index is 0.0488. The van der Waals surface area contributed by atoms with Gasteiger partial charge in [-0.05, 0) is 55.5 Å². The van der Waals surface area contributed by atoms with E-state index in [1.807, 2.05) is 52.0 Å². The molecule has 2 atom stereocenters. The molecule has 6 heteroatoms. The zero-order valence-electron chi connectivity index (χ0n) is 18.0. The number of nitrogens with zero attached hydrogens (tertiary/aromatic N) is 1. The Bertz CT molecular complexity index is 885. The summed E-state index contributed by atoms with van der Waals surface area (Å²) < 4.78 is 0. The summed E-state index contributed by atoms with van der Waals surface area (Å²) in [6.45, 7) is 8.28. The third-order valence-corrected chi connectivity index (χ3v) is 5.93. The Morgan fingerprint density at radius 2 is 1.73 bits per heavy atom. The summed E-state index contributed by atoms with van der Waals surface area (Å²) in [4.78, 5) is 28.0. The van der Waals surface area contributed by atoms with Crippen molar-refractivity contribution in [2.45, 2.75) is 65.6 Å². The molecule has 0 aliphatic heterocycles. The van der Waals surface area contributed by atoms with Gasteiger partial charge in [-0.15, -0.1) is 0 Å². The largest absolute Gasteiger partial charge is 0.352 e. The van der Waals surface area contributed by atoms with Gasteiger partial charge in [0.25, 0.3) is 0 Å². The highest BCUT2D eigenvalue weighted by Crippen LogP contribution is 2.23. The third kappa shape index (κ3) is 6.48. The van der Waals surface area contributed by atoms with E-state index in [1.165, 1.54) is 0 Å². The van der Waals surface area contributed by atoms with Crippen molar-refractivity contribution < 1.29 is 9.59 Å². The molecular formula is C24H30Cl2N2O2. The molecule has 0 saturated heterocycles. The van der Waals surface area contributed by atoms with E-state index in [0.29, 0.717) is 28.6 Å². The molecule has 1 N–H and O–H groups in total. The number of carbonyl (C=O) groups is 2. The fourth-order valence-corrected chi connectivity index (χ4v) is 3.74. The highest BCUT2D eigenvalue weighted by atomic mass is 35.5. The Balaban J connectivity index is 2.34. The first-order valence-electron chi connectivity index (χ1n) is 10.3. The van der Waals surface area contributed by atoms with E-state index in [1.54, 1.807) is 23.1 Å². The van der Waals surface area contributed by atoms with Gasteiger partial charge in [0.15, 0.2) is 0 Å². The van der Waals surface area contributed by atoms with Crippen LogP contribution >= 0.6 is 23.2 Å². The first kappa shape index (κ1) is 24.2. The van der Waals surface area contributed by atoms with Crippen molar-refractivity contribution in [1.82, 2.24) is 10.2 Å². The smallest absolute Gasteiger partial charge is 0.243 e. The summed E-state index contributed by atoms with van der Waals surface area (Å²) in [5, 5.41) is 3.99. The number of carbonyl (C=O) groups excluding carboxylic acids is 2. The first-order chi connectivity index (χ1) is 14.3. The van der Waals surface area contributed by atoms with Crippen LogP contribution in [0.5, 0.6) is 0 Å². The maximum Gasteiger partial charge on any atom is 0.243 e. The molecule has 2 aromatic rings. The van der Waals surface area contributed by atoms with Gasteiger partial charge in [0.2, 0.25) is 11.8 Å². The Morgan fingerprint density at radius 3 is 2.33 bits per heavy atom. The van der Waals surface area contributed by atoms with E-state index in [-0.39, 0.29) is 24.3 Å². The second-order valence-electron chi connectivity index (χ2n) is 7.60. The number of halogens is 2. The second-order valence-corrected chi connectivity index (χ2v) is 8.45. The Hall–Kier alpha value is -2.04. The van der Waals surface area contributed by atoms with Crippen LogP contribution in [0.25, 0.3) is 0 Å². The van der Waals surface area contributed by atoms with Crippen LogP contribution in [0.15, 0.2) is 42.5 Å². The molecule has 2 unspecified atom stereocenters. The highest BCUT2D eigenvalue weighted by Gasteiger charge is 2.29. The summed E-state index contributed by atoms with van der Waals surface area (Å²) in [7, 11) is 0. The molecule has 2 aromatic carbocycles. The van der Waals surface area contributed by atoms with E-state index in [2.05, 4.69) is 5.32 Å². The molecule has 30 heavy (non-hydrogen) atoms. The van der Waals surface area contributed by atoms with Crippen LogP contribution in [0.3, 0.4) is 0 Å². The standard InChI is InChI=1S/C24H30Cl2N2O2/c1-5-17(4)27-24(30)22(6-2)28(15-19-10-8-7-9-16(19)3)23(29)13-18-11-12-20(25)14-21(18)26/h7-12,14,17,22H,5-6,13,15H2,1-4H3,(H,27,30). The molecule has 0 spiro atoms. The lowest BCUT2D eigenvalue weighted by molar-refractivity contribution is -0.141. The zero-order valence-corrected chi connectivity index (χ0v) is 19.6. The number of amides is 2. The van der Waals surface area contributed by atoms with Gasteiger partial charge in [0.1, 0.15) is 6.04 Å². The van der Waals surface area contributed by atoms with Crippen molar-refractivity contribution in [2.24, 2.45) is 0 Å².